The highest BCUT2D eigenvalue weighted by molar-refractivity contribution is 5.78. The fourth-order valence-electron chi connectivity index (χ4n) is 1.85. The van der Waals surface area contributed by atoms with Crippen LogP contribution in [0.15, 0.2) is 65.4 Å². The average molecular weight is 209 g/mol. The van der Waals surface area contributed by atoms with E-state index in [2.05, 4.69) is 17.1 Å². The molecule has 0 bridgehead atoms. The van der Waals surface area contributed by atoms with E-state index in [1.807, 2.05) is 42.6 Å². The van der Waals surface area contributed by atoms with Crippen LogP contribution in [-0.4, -0.2) is 4.98 Å². The van der Waals surface area contributed by atoms with Gasteiger partial charge in [-0.3, -0.25) is 0 Å². The summed E-state index contributed by atoms with van der Waals surface area (Å²) in [4.78, 5) is 3.25. The van der Waals surface area contributed by atoms with Crippen LogP contribution < -0.4 is 0 Å². The zero-order chi connectivity index (χ0) is 10.8. The number of hydrogen-bond acceptors (Lipinski definition) is 1. The van der Waals surface area contributed by atoms with Gasteiger partial charge in [0, 0.05) is 11.8 Å². The van der Waals surface area contributed by atoms with E-state index in [-0.39, 0.29) is 0 Å². The lowest BCUT2D eigenvalue weighted by Crippen LogP contribution is -1.79. The maximum Gasteiger partial charge on any atom is 0.136 e. The molecule has 0 saturated heterocycles. The second-order valence-corrected chi connectivity index (χ2v) is 3.61. The monoisotopic (exact) mass is 209 g/mol. The van der Waals surface area contributed by atoms with Crippen LogP contribution in [0.3, 0.4) is 0 Å². The van der Waals surface area contributed by atoms with Crippen molar-refractivity contribution in [1.82, 2.24) is 4.98 Å². The van der Waals surface area contributed by atoms with Gasteiger partial charge in [-0.2, -0.15) is 0 Å². The molecular weight excluding hydrogens is 198 g/mol. The van der Waals surface area contributed by atoms with E-state index in [0.29, 0.717) is 0 Å². The Hall–Kier alpha value is -2.22. The van der Waals surface area contributed by atoms with Gasteiger partial charge in [-0.05, 0) is 23.8 Å². The topological polar surface area (TPSA) is 28.9 Å². The molecule has 0 unspecified atom stereocenters. The normalized spacial score (nSPS) is 10.5. The largest absolute Gasteiger partial charge is 0.464 e. The van der Waals surface area contributed by atoms with E-state index in [1.165, 1.54) is 5.56 Å². The van der Waals surface area contributed by atoms with Crippen molar-refractivity contribution in [2.45, 2.75) is 0 Å². The van der Waals surface area contributed by atoms with Gasteiger partial charge in [-0.15, -0.1) is 0 Å². The molecule has 3 aromatic rings. The third-order valence-electron chi connectivity index (χ3n) is 2.60. The Kier molecular flexibility index (Phi) is 2.11. The molecule has 0 aliphatic heterocycles. The summed E-state index contributed by atoms with van der Waals surface area (Å²) in [7, 11) is 0. The molecule has 3 rings (SSSR count). The number of nitrogens with one attached hydrogen (secondary N) is 1. The number of rotatable bonds is 2. The Morgan fingerprint density at radius 2 is 1.75 bits per heavy atom. The first kappa shape index (κ1) is 9.04. The Bertz CT molecular complexity index is 564. The molecule has 2 aromatic heterocycles. The molecule has 16 heavy (non-hydrogen) atoms. The summed E-state index contributed by atoms with van der Waals surface area (Å²) in [6, 6.07) is 16.1. The zero-order valence-corrected chi connectivity index (χ0v) is 8.68. The van der Waals surface area contributed by atoms with Crippen molar-refractivity contribution in [3.8, 4) is 22.6 Å². The van der Waals surface area contributed by atoms with E-state index < -0.39 is 0 Å². The van der Waals surface area contributed by atoms with Gasteiger partial charge in [0.15, 0.2) is 0 Å². The lowest BCUT2D eigenvalue weighted by Gasteiger charge is -2.01. The third kappa shape index (κ3) is 1.44. The highest BCUT2D eigenvalue weighted by Crippen LogP contribution is 2.30. The van der Waals surface area contributed by atoms with Gasteiger partial charge < -0.3 is 9.40 Å². The van der Waals surface area contributed by atoms with Crippen molar-refractivity contribution < 1.29 is 4.42 Å². The predicted octanol–water partition coefficient (Wildman–Crippen LogP) is 3.94. The first-order chi connectivity index (χ1) is 7.95. The number of H-pyrrole nitrogens is 1. The van der Waals surface area contributed by atoms with Crippen molar-refractivity contribution in [1.29, 1.82) is 0 Å². The average Bonchev–Trinajstić information content (AvgIpc) is 3.01. The van der Waals surface area contributed by atoms with Gasteiger partial charge in [0.2, 0.25) is 0 Å². The first-order valence-electron chi connectivity index (χ1n) is 5.22. The van der Waals surface area contributed by atoms with Gasteiger partial charge >= 0.3 is 0 Å². The summed E-state index contributed by atoms with van der Waals surface area (Å²) in [5, 5.41) is 0. The first-order valence-corrected chi connectivity index (χ1v) is 5.22. The van der Waals surface area contributed by atoms with Gasteiger partial charge in [0.05, 0.1) is 12.0 Å². The molecule has 2 heterocycles. The fourth-order valence-corrected chi connectivity index (χ4v) is 1.85. The Balaban J connectivity index is 2.14. The number of furan rings is 1. The van der Waals surface area contributed by atoms with E-state index in [1.54, 1.807) is 6.26 Å². The van der Waals surface area contributed by atoms with Crippen LogP contribution in [0.1, 0.15) is 0 Å². The van der Waals surface area contributed by atoms with Crippen molar-refractivity contribution in [3.63, 3.8) is 0 Å². The van der Waals surface area contributed by atoms with Crippen molar-refractivity contribution >= 4 is 0 Å². The smallest absolute Gasteiger partial charge is 0.136 e. The molecule has 0 fully saturated rings. The molecule has 0 saturated carbocycles. The fraction of sp³-hybridized carbons (Fsp3) is 0. The highest BCUT2D eigenvalue weighted by atomic mass is 16.3. The van der Waals surface area contributed by atoms with Crippen LogP contribution in [0.5, 0.6) is 0 Å². The van der Waals surface area contributed by atoms with Crippen molar-refractivity contribution in [2.24, 2.45) is 0 Å². The molecular formula is C14H11NO. The highest BCUT2D eigenvalue weighted by Gasteiger charge is 2.09. The quantitative estimate of drug-likeness (QED) is 0.680. The minimum absolute atomic E-state index is 0.889. The Morgan fingerprint density at radius 3 is 2.50 bits per heavy atom. The number of benzene rings is 1. The molecule has 1 aromatic carbocycles. The maximum absolute atomic E-state index is 5.42. The molecule has 0 amide bonds. The van der Waals surface area contributed by atoms with E-state index in [9.17, 15) is 0 Å². The molecule has 0 spiro atoms. The van der Waals surface area contributed by atoms with E-state index in [4.69, 9.17) is 4.42 Å². The zero-order valence-electron chi connectivity index (χ0n) is 8.68. The van der Waals surface area contributed by atoms with Crippen molar-refractivity contribution in [3.05, 3.63) is 61.0 Å². The Labute approximate surface area is 93.5 Å². The lowest BCUT2D eigenvalue weighted by molar-refractivity contribution is 0.582. The van der Waals surface area contributed by atoms with E-state index >= 15 is 0 Å². The van der Waals surface area contributed by atoms with Gasteiger partial charge in [0.1, 0.15) is 5.76 Å². The van der Waals surface area contributed by atoms with Crippen LogP contribution in [-0.2, 0) is 0 Å². The van der Waals surface area contributed by atoms with Crippen LogP contribution in [0.25, 0.3) is 22.6 Å². The summed E-state index contributed by atoms with van der Waals surface area (Å²) in [6.45, 7) is 0. The summed E-state index contributed by atoms with van der Waals surface area (Å²) in [5.74, 6) is 0.889. The molecule has 2 nitrogen and oxygen atoms in total. The molecule has 0 atom stereocenters. The second-order valence-electron chi connectivity index (χ2n) is 3.61. The minimum Gasteiger partial charge on any atom is -0.464 e. The molecule has 0 radical (unpaired) electrons. The van der Waals surface area contributed by atoms with Crippen LogP contribution >= 0.6 is 0 Å². The van der Waals surface area contributed by atoms with Gasteiger partial charge in [0.25, 0.3) is 0 Å². The van der Waals surface area contributed by atoms with Crippen molar-refractivity contribution in [2.75, 3.05) is 0 Å². The maximum atomic E-state index is 5.42. The molecule has 2 heteroatoms. The second kappa shape index (κ2) is 3.74. The minimum atomic E-state index is 0.889. The number of aromatic nitrogens is 1. The lowest BCUT2D eigenvalue weighted by atomic mass is 10.1. The number of hydrogen-bond donors (Lipinski definition) is 1. The number of aromatic amines is 1. The predicted molar refractivity (Wildman–Crippen MR) is 63.9 cm³/mol. The molecule has 0 aliphatic carbocycles. The molecule has 78 valence electrons. The van der Waals surface area contributed by atoms with Gasteiger partial charge in [-0.25, -0.2) is 0 Å². The standard InChI is InChI=1S/C14H11NO/c1-2-5-11(6-3-1)14-12(8-9-15-14)13-7-4-10-16-13/h1-10,15H. The summed E-state index contributed by atoms with van der Waals surface area (Å²) in [5.41, 5.74) is 3.35. The van der Waals surface area contributed by atoms with Crippen LogP contribution in [0.2, 0.25) is 0 Å². The van der Waals surface area contributed by atoms with Crippen LogP contribution in [0.4, 0.5) is 0 Å². The summed E-state index contributed by atoms with van der Waals surface area (Å²) >= 11 is 0. The molecule has 0 aliphatic rings. The van der Waals surface area contributed by atoms with Crippen LogP contribution in [0, 0.1) is 0 Å². The third-order valence-corrected chi connectivity index (χ3v) is 2.60. The van der Waals surface area contributed by atoms with E-state index in [0.717, 1.165) is 17.0 Å². The molecule has 1 N–H and O–H groups in total. The Morgan fingerprint density at radius 1 is 0.875 bits per heavy atom. The summed E-state index contributed by atoms with van der Waals surface area (Å²) < 4.78 is 5.42. The SMILES string of the molecule is c1ccc(-c2[nH]ccc2-c2ccco2)cc1. The van der Waals surface area contributed by atoms with Gasteiger partial charge in [-0.1, -0.05) is 30.3 Å². The summed E-state index contributed by atoms with van der Waals surface area (Å²) in [6.07, 6.45) is 3.62.